The molecule has 0 radical (unpaired) electrons. The average Bonchev–Trinajstić information content (AvgIpc) is 2.91. The molecule has 0 aliphatic rings. The SMILES string of the molecule is CCNC(=O)C(C)NC(=O)c1ccccc1OCc1c(C)noc1C. The van der Waals surface area contributed by atoms with Gasteiger partial charge in [0.1, 0.15) is 24.2 Å². The number of hydrogen-bond acceptors (Lipinski definition) is 5. The molecule has 0 fully saturated rings. The fourth-order valence-corrected chi connectivity index (χ4v) is 2.31. The second kappa shape index (κ2) is 8.32. The van der Waals surface area contributed by atoms with E-state index in [2.05, 4.69) is 15.8 Å². The van der Waals surface area contributed by atoms with Gasteiger partial charge >= 0.3 is 0 Å². The molecule has 0 aliphatic carbocycles. The fraction of sp³-hybridized carbons (Fsp3) is 0.389. The minimum atomic E-state index is -0.636. The number of amides is 2. The van der Waals surface area contributed by atoms with Crippen molar-refractivity contribution in [1.29, 1.82) is 0 Å². The summed E-state index contributed by atoms with van der Waals surface area (Å²) in [6.45, 7) is 7.86. The molecule has 0 bridgehead atoms. The maximum atomic E-state index is 12.5. The van der Waals surface area contributed by atoms with Gasteiger partial charge in [0.2, 0.25) is 5.91 Å². The fourth-order valence-electron chi connectivity index (χ4n) is 2.31. The Balaban J connectivity index is 2.09. The van der Waals surface area contributed by atoms with E-state index in [1.807, 2.05) is 20.8 Å². The summed E-state index contributed by atoms with van der Waals surface area (Å²) >= 11 is 0. The predicted molar refractivity (Wildman–Crippen MR) is 92.4 cm³/mol. The van der Waals surface area contributed by atoms with Crippen molar-refractivity contribution in [1.82, 2.24) is 15.8 Å². The van der Waals surface area contributed by atoms with Gasteiger partial charge in [0, 0.05) is 6.54 Å². The standard InChI is InChI=1S/C18H23N3O4/c1-5-19-17(22)12(3)20-18(23)14-8-6-7-9-16(14)24-10-15-11(2)21-25-13(15)4/h6-9,12H,5,10H2,1-4H3,(H,19,22)(H,20,23). The summed E-state index contributed by atoms with van der Waals surface area (Å²) in [4.78, 5) is 24.3. The quantitative estimate of drug-likeness (QED) is 0.802. The van der Waals surface area contributed by atoms with Gasteiger partial charge in [-0.1, -0.05) is 17.3 Å². The van der Waals surface area contributed by atoms with Crippen LogP contribution in [0.1, 0.15) is 41.2 Å². The molecule has 1 unspecified atom stereocenters. The zero-order chi connectivity index (χ0) is 18.4. The number of nitrogens with one attached hydrogen (secondary N) is 2. The van der Waals surface area contributed by atoms with Crippen LogP contribution in [0.4, 0.5) is 0 Å². The van der Waals surface area contributed by atoms with Crippen LogP contribution in [0.3, 0.4) is 0 Å². The van der Waals surface area contributed by atoms with Crippen LogP contribution in [0.5, 0.6) is 5.75 Å². The van der Waals surface area contributed by atoms with Crippen molar-refractivity contribution >= 4 is 11.8 Å². The van der Waals surface area contributed by atoms with E-state index in [1.165, 1.54) is 0 Å². The molecule has 1 atom stereocenters. The van der Waals surface area contributed by atoms with E-state index < -0.39 is 6.04 Å². The highest BCUT2D eigenvalue weighted by Gasteiger charge is 2.19. The van der Waals surface area contributed by atoms with Crippen LogP contribution in [0, 0.1) is 13.8 Å². The maximum absolute atomic E-state index is 12.5. The predicted octanol–water partition coefficient (Wildman–Crippen LogP) is 2.12. The maximum Gasteiger partial charge on any atom is 0.255 e. The number of aromatic nitrogens is 1. The van der Waals surface area contributed by atoms with Crippen molar-refractivity contribution in [2.45, 2.75) is 40.3 Å². The number of carbonyl (C=O) groups is 2. The molecular weight excluding hydrogens is 322 g/mol. The van der Waals surface area contributed by atoms with Gasteiger partial charge in [0.15, 0.2) is 0 Å². The molecule has 2 amide bonds. The van der Waals surface area contributed by atoms with Crippen LogP contribution in [-0.2, 0) is 11.4 Å². The molecule has 0 spiro atoms. The summed E-state index contributed by atoms with van der Waals surface area (Å²) in [6, 6.07) is 6.26. The minimum Gasteiger partial charge on any atom is -0.488 e. The molecule has 7 nitrogen and oxygen atoms in total. The number of hydrogen-bond donors (Lipinski definition) is 2. The summed E-state index contributed by atoms with van der Waals surface area (Å²) < 4.78 is 10.9. The van der Waals surface area contributed by atoms with E-state index in [4.69, 9.17) is 9.26 Å². The number of likely N-dealkylation sites (N-methyl/N-ethyl adjacent to an activating group) is 1. The van der Waals surface area contributed by atoms with Crippen molar-refractivity contribution in [2.24, 2.45) is 0 Å². The van der Waals surface area contributed by atoms with Crippen LogP contribution < -0.4 is 15.4 Å². The van der Waals surface area contributed by atoms with Gasteiger partial charge in [-0.25, -0.2) is 0 Å². The zero-order valence-corrected chi connectivity index (χ0v) is 14.9. The Labute approximate surface area is 146 Å². The van der Waals surface area contributed by atoms with E-state index >= 15 is 0 Å². The van der Waals surface area contributed by atoms with Crippen LogP contribution >= 0.6 is 0 Å². The van der Waals surface area contributed by atoms with Gasteiger partial charge in [-0.15, -0.1) is 0 Å². The lowest BCUT2D eigenvalue weighted by Gasteiger charge is -2.15. The number of aryl methyl sites for hydroxylation is 2. The minimum absolute atomic E-state index is 0.232. The van der Waals surface area contributed by atoms with Crippen molar-refractivity contribution in [3.8, 4) is 5.75 Å². The largest absolute Gasteiger partial charge is 0.488 e. The number of nitrogens with zero attached hydrogens (tertiary/aromatic N) is 1. The van der Waals surface area contributed by atoms with Crippen molar-refractivity contribution in [2.75, 3.05) is 6.54 Å². The molecule has 1 aromatic carbocycles. The van der Waals surface area contributed by atoms with E-state index in [0.29, 0.717) is 23.6 Å². The van der Waals surface area contributed by atoms with Gasteiger partial charge < -0.3 is 19.9 Å². The van der Waals surface area contributed by atoms with Crippen molar-refractivity contribution < 1.29 is 18.8 Å². The molecule has 7 heteroatoms. The molecule has 2 rings (SSSR count). The second-order valence-electron chi connectivity index (χ2n) is 5.68. The Morgan fingerprint density at radius 1 is 1.28 bits per heavy atom. The highest BCUT2D eigenvalue weighted by atomic mass is 16.5. The lowest BCUT2D eigenvalue weighted by molar-refractivity contribution is -0.122. The molecule has 25 heavy (non-hydrogen) atoms. The normalized spacial score (nSPS) is 11.7. The first-order valence-corrected chi connectivity index (χ1v) is 8.16. The van der Waals surface area contributed by atoms with Gasteiger partial charge in [-0.2, -0.15) is 0 Å². The first-order valence-electron chi connectivity index (χ1n) is 8.16. The van der Waals surface area contributed by atoms with Gasteiger partial charge in [-0.3, -0.25) is 9.59 Å². The molecule has 134 valence electrons. The van der Waals surface area contributed by atoms with E-state index in [-0.39, 0.29) is 18.4 Å². The summed E-state index contributed by atoms with van der Waals surface area (Å²) in [5.74, 6) is 0.519. The molecular formula is C18H23N3O4. The molecule has 0 saturated carbocycles. The van der Waals surface area contributed by atoms with Gasteiger partial charge in [0.05, 0.1) is 16.8 Å². The highest BCUT2D eigenvalue weighted by Crippen LogP contribution is 2.21. The molecule has 2 N–H and O–H groups in total. The van der Waals surface area contributed by atoms with E-state index in [0.717, 1.165) is 11.3 Å². The third kappa shape index (κ3) is 4.59. The second-order valence-corrected chi connectivity index (χ2v) is 5.68. The third-order valence-corrected chi connectivity index (χ3v) is 3.78. The number of ether oxygens (including phenoxy) is 1. The molecule has 2 aromatic rings. The van der Waals surface area contributed by atoms with Crippen molar-refractivity contribution in [3.63, 3.8) is 0 Å². The lowest BCUT2D eigenvalue weighted by Crippen LogP contribution is -2.44. The topological polar surface area (TPSA) is 93.5 Å². The Morgan fingerprint density at radius 3 is 2.64 bits per heavy atom. The van der Waals surface area contributed by atoms with Gasteiger partial charge in [0.25, 0.3) is 5.91 Å². The zero-order valence-electron chi connectivity index (χ0n) is 14.9. The third-order valence-electron chi connectivity index (χ3n) is 3.78. The smallest absolute Gasteiger partial charge is 0.255 e. The summed E-state index contributed by atoms with van der Waals surface area (Å²) in [5.41, 5.74) is 1.97. The summed E-state index contributed by atoms with van der Waals surface area (Å²) in [7, 11) is 0. The van der Waals surface area contributed by atoms with Crippen LogP contribution in [0.25, 0.3) is 0 Å². The molecule has 0 aliphatic heterocycles. The Morgan fingerprint density at radius 2 is 2.00 bits per heavy atom. The Hall–Kier alpha value is -2.83. The van der Waals surface area contributed by atoms with E-state index in [9.17, 15) is 9.59 Å². The molecule has 1 heterocycles. The molecule has 0 saturated heterocycles. The average molecular weight is 345 g/mol. The monoisotopic (exact) mass is 345 g/mol. The first kappa shape index (κ1) is 18.5. The lowest BCUT2D eigenvalue weighted by atomic mass is 10.1. The van der Waals surface area contributed by atoms with Crippen molar-refractivity contribution in [3.05, 3.63) is 46.8 Å². The number of para-hydroxylation sites is 1. The summed E-state index contributed by atoms with van der Waals surface area (Å²) in [5, 5.41) is 9.23. The number of carbonyl (C=O) groups excluding carboxylic acids is 2. The Bertz CT molecular complexity index is 735. The van der Waals surface area contributed by atoms with Gasteiger partial charge in [-0.05, 0) is 39.8 Å². The molecule has 1 aromatic heterocycles. The number of benzene rings is 1. The summed E-state index contributed by atoms with van der Waals surface area (Å²) in [6.07, 6.45) is 0. The highest BCUT2D eigenvalue weighted by molar-refractivity contribution is 5.99. The van der Waals surface area contributed by atoms with E-state index in [1.54, 1.807) is 31.2 Å². The first-order chi connectivity index (χ1) is 11.9. The van der Waals surface area contributed by atoms with Crippen LogP contribution in [0.15, 0.2) is 28.8 Å². The Kier molecular flexibility index (Phi) is 6.16. The van der Waals surface area contributed by atoms with Crippen LogP contribution in [0.2, 0.25) is 0 Å². The number of rotatable bonds is 7. The van der Waals surface area contributed by atoms with Crippen LogP contribution in [-0.4, -0.2) is 29.6 Å².